The first-order chi connectivity index (χ1) is 14.0. The van der Waals surface area contributed by atoms with Crippen LogP contribution in [0.5, 0.6) is 5.75 Å². The lowest BCUT2D eigenvalue weighted by atomic mass is 9.98. The Morgan fingerprint density at radius 2 is 1.79 bits per heavy atom. The van der Waals surface area contributed by atoms with Gasteiger partial charge in [0.15, 0.2) is 6.61 Å². The van der Waals surface area contributed by atoms with Crippen molar-refractivity contribution < 1.29 is 14.6 Å². The van der Waals surface area contributed by atoms with Crippen molar-refractivity contribution in [2.45, 2.75) is 4.90 Å². The quantitative estimate of drug-likeness (QED) is 0.237. The molecule has 0 aliphatic carbocycles. The molecule has 0 aliphatic heterocycles. The molecule has 0 atom stereocenters. The highest BCUT2D eigenvalue weighted by atomic mass is 127. The molecule has 0 heterocycles. The summed E-state index contributed by atoms with van der Waals surface area (Å²) in [6.07, 6.45) is 2.24. The smallest absolute Gasteiger partial charge is 0.341 e. The molecule has 0 unspecified atom stereocenters. The van der Waals surface area contributed by atoms with Crippen LogP contribution < -0.4 is 4.74 Å². The first-order valence-electron chi connectivity index (χ1n) is 8.81. The summed E-state index contributed by atoms with van der Waals surface area (Å²) in [5.41, 5.74) is 3.58. The number of benzene rings is 3. The average molecular weight is 581 g/mol. The number of carbonyl (C=O) groups is 1. The van der Waals surface area contributed by atoms with E-state index in [1.165, 1.54) is 20.3 Å². The molecule has 0 aromatic heterocycles. The van der Waals surface area contributed by atoms with Crippen LogP contribution in [-0.2, 0) is 4.79 Å². The molecule has 0 saturated heterocycles. The maximum Gasteiger partial charge on any atom is 0.341 e. The summed E-state index contributed by atoms with van der Waals surface area (Å²) in [5.74, 6) is 0.334. The Kier molecular flexibility index (Phi) is 8.20. The maximum atomic E-state index is 10.6. The van der Waals surface area contributed by atoms with E-state index in [1.807, 2.05) is 12.1 Å². The Labute approximate surface area is 196 Å². The summed E-state index contributed by atoms with van der Waals surface area (Å²) in [4.78, 5) is 11.7. The fourth-order valence-electron chi connectivity index (χ4n) is 2.72. The molecule has 1 N–H and O–H groups in total. The van der Waals surface area contributed by atoms with E-state index >= 15 is 0 Å². The van der Waals surface area contributed by atoms with Gasteiger partial charge in [-0.3, -0.25) is 0 Å². The summed E-state index contributed by atoms with van der Waals surface area (Å²) >= 11 is 7.59. The number of hydrogen-bond donors (Lipinski definition) is 1. The van der Waals surface area contributed by atoms with Gasteiger partial charge in [0.1, 0.15) is 5.75 Å². The molecular formula is C23H18BrIO3S. The zero-order valence-corrected chi connectivity index (χ0v) is 19.9. The lowest BCUT2D eigenvalue weighted by Crippen LogP contribution is -2.09. The monoisotopic (exact) mass is 580 g/mol. The number of carboxylic acid groups (broad SMARTS) is 1. The minimum atomic E-state index is -0.992. The van der Waals surface area contributed by atoms with Gasteiger partial charge in [-0.15, -0.1) is 11.8 Å². The van der Waals surface area contributed by atoms with E-state index in [0.717, 1.165) is 15.1 Å². The molecule has 0 amide bonds. The third-order valence-electron chi connectivity index (χ3n) is 4.01. The highest BCUT2D eigenvalue weighted by Crippen LogP contribution is 2.32. The second-order valence-corrected chi connectivity index (χ2v) is 9.24. The molecule has 3 rings (SSSR count). The van der Waals surface area contributed by atoms with Crippen molar-refractivity contribution in [3.63, 3.8) is 0 Å². The molecule has 0 saturated carbocycles. The van der Waals surface area contributed by atoms with Crippen molar-refractivity contribution >= 4 is 61.8 Å². The number of aliphatic carboxylic acids is 1. The number of rotatable bonds is 8. The molecular weight excluding hydrogens is 563 g/mol. The highest BCUT2D eigenvalue weighted by molar-refractivity contribution is 14.1. The maximum absolute atomic E-state index is 10.6. The Morgan fingerprint density at radius 3 is 2.48 bits per heavy atom. The van der Waals surface area contributed by atoms with Crippen LogP contribution in [0.25, 0.3) is 5.57 Å². The van der Waals surface area contributed by atoms with E-state index in [-0.39, 0.29) is 6.61 Å². The predicted molar refractivity (Wildman–Crippen MR) is 131 cm³/mol. The van der Waals surface area contributed by atoms with Gasteiger partial charge in [0.05, 0.1) is 0 Å². The van der Waals surface area contributed by atoms with Crippen molar-refractivity contribution in [1.82, 2.24) is 0 Å². The van der Waals surface area contributed by atoms with E-state index in [2.05, 4.69) is 93.1 Å². The van der Waals surface area contributed by atoms with Crippen molar-refractivity contribution in [2.24, 2.45) is 0 Å². The molecule has 3 aromatic rings. The first-order valence-corrected chi connectivity index (χ1v) is 11.7. The van der Waals surface area contributed by atoms with Crippen LogP contribution in [0.4, 0.5) is 0 Å². The summed E-state index contributed by atoms with van der Waals surface area (Å²) in [6.45, 7) is -0.349. The van der Waals surface area contributed by atoms with Gasteiger partial charge < -0.3 is 9.84 Å². The Morgan fingerprint density at radius 1 is 1.03 bits per heavy atom. The third-order valence-corrected chi connectivity index (χ3v) is 6.60. The molecule has 0 spiro atoms. The van der Waals surface area contributed by atoms with Crippen molar-refractivity contribution in [1.29, 1.82) is 0 Å². The van der Waals surface area contributed by atoms with Crippen molar-refractivity contribution in [2.75, 3.05) is 12.4 Å². The van der Waals surface area contributed by atoms with Gasteiger partial charge in [-0.05, 0) is 85.6 Å². The van der Waals surface area contributed by atoms with Crippen LogP contribution >= 0.6 is 50.3 Å². The fraction of sp³-hybridized carbons (Fsp3) is 0.0870. The van der Waals surface area contributed by atoms with Gasteiger partial charge in [0.2, 0.25) is 0 Å². The molecule has 3 aromatic carbocycles. The molecule has 0 radical (unpaired) electrons. The number of thioether (sulfide) groups is 1. The minimum Gasteiger partial charge on any atom is -0.482 e. The molecule has 29 heavy (non-hydrogen) atoms. The molecule has 148 valence electrons. The summed E-state index contributed by atoms with van der Waals surface area (Å²) in [5, 5.41) is 8.72. The van der Waals surface area contributed by atoms with Crippen LogP contribution in [0.3, 0.4) is 0 Å². The van der Waals surface area contributed by atoms with Gasteiger partial charge in [0, 0.05) is 18.7 Å². The zero-order chi connectivity index (χ0) is 20.6. The standard InChI is InChI=1S/C23H18BrIO3S/c24-21-14-19(28-15-23(26)27)9-10-22(21)29-12-11-20(16-5-2-1-3-6-16)17-7-4-8-18(25)13-17/h1-11,13-14H,12,15H2,(H,26,27). The fourth-order valence-corrected chi connectivity index (χ4v) is 4.76. The van der Waals surface area contributed by atoms with Gasteiger partial charge >= 0.3 is 5.97 Å². The lowest BCUT2D eigenvalue weighted by molar-refractivity contribution is -0.139. The zero-order valence-electron chi connectivity index (χ0n) is 15.3. The van der Waals surface area contributed by atoms with Gasteiger partial charge in [-0.25, -0.2) is 4.79 Å². The van der Waals surface area contributed by atoms with Crippen LogP contribution in [0, 0.1) is 3.57 Å². The SMILES string of the molecule is O=C(O)COc1ccc(SCC=C(c2ccccc2)c2cccc(I)c2)c(Br)c1. The number of hydrogen-bond acceptors (Lipinski definition) is 3. The van der Waals surface area contributed by atoms with Gasteiger partial charge in [-0.2, -0.15) is 0 Å². The van der Waals surface area contributed by atoms with E-state index in [9.17, 15) is 4.79 Å². The van der Waals surface area contributed by atoms with E-state index in [1.54, 1.807) is 23.9 Å². The molecule has 3 nitrogen and oxygen atoms in total. The first kappa shape index (κ1) is 21.9. The molecule has 0 fully saturated rings. The lowest BCUT2D eigenvalue weighted by Gasteiger charge is -2.10. The highest BCUT2D eigenvalue weighted by Gasteiger charge is 2.07. The molecule has 6 heteroatoms. The van der Waals surface area contributed by atoms with Gasteiger partial charge in [-0.1, -0.05) is 48.5 Å². The predicted octanol–water partition coefficient (Wildman–Crippen LogP) is 6.74. The van der Waals surface area contributed by atoms with E-state index in [0.29, 0.717) is 5.75 Å². The second-order valence-electron chi connectivity index (χ2n) is 6.08. The Bertz CT molecular complexity index is 1020. The Balaban J connectivity index is 1.77. The van der Waals surface area contributed by atoms with Gasteiger partial charge in [0.25, 0.3) is 0 Å². The minimum absolute atomic E-state index is 0.349. The average Bonchev–Trinajstić information content (AvgIpc) is 2.71. The van der Waals surface area contributed by atoms with Crippen LogP contribution in [0.15, 0.2) is 88.2 Å². The third kappa shape index (κ3) is 6.62. The summed E-state index contributed by atoms with van der Waals surface area (Å²) < 4.78 is 7.31. The largest absolute Gasteiger partial charge is 0.482 e. The van der Waals surface area contributed by atoms with Crippen molar-refractivity contribution in [3.05, 3.63) is 98.0 Å². The van der Waals surface area contributed by atoms with Crippen LogP contribution in [-0.4, -0.2) is 23.4 Å². The number of carboxylic acids is 1. The summed E-state index contributed by atoms with van der Waals surface area (Å²) in [7, 11) is 0. The topological polar surface area (TPSA) is 46.5 Å². The van der Waals surface area contributed by atoms with Crippen LogP contribution in [0.2, 0.25) is 0 Å². The Hall–Kier alpha value is -1.77. The van der Waals surface area contributed by atoms with E-state index < -0.39 is 5.97 Å². The number of halogens is 2. The van der Waals surface area contributed by atoms with Crippen LogP contribution in [0.1, 0.15) is 11.1 Å². The van der Waals surface area contributed by atoms with E-state index in [4.69, 9.17) is 9.84 Å². The molecule has 0 aliphatic rings. The number of ether oxygens (including phenoxy) is 1. The summed E-state index contributed by atoms with van der Waals surface area (Å²) in [6, 6.07) is 24.4. The normalized spacial score (nSPS) is 11.3. The second kappa shape index (κ2) is 10.8. The van der Waals surface area contributed by atoms with Crippen molar-refractivity contribution in [3.8, 4) is 5.75 Å². The molecule has 0 bridgehead atoms.